The summed E-state index contributed by atoms with van der Waals surface area (Å²) in [5.74, 6) is -1.95. The third-order valence-corrected chi connectivity index (χ3v) is 11.8. The maximum Gasteiger partial charge on any atom is 0.263 e. The number of hydrogen-bond acceptors (Lipinski definition) is 14. The van der Waals surface area contributed by atoms with Crippen LogP contribution in [0.15, 0.2) is 72.4 Å². The number of rotatable bonds is 19. The van der Waals surface area contributed by atoms with E-state index in [4.69, 9.17) is 25.8 Å². The average molecular weight is 903 g/mol. The molecule has 1 atom stereocenters. The highest BCUT2D eigenvalue weighted by Gasteiger charge is 2.45. The lowest BCUT2D eigenvalue weighted by atomic mass is 10.0. The van der Waals surface area contributed by atoms with Crippen LogP contribution in [0.25, 0.3) is 10.9 Å². The summed E-state index contributed by atoms with van der Waals surface area (Å²) in [4.78, 5) is 89.8. The summed E-state index contributed by atoms with van der Waals surface area (Å²) in [6, 6.07) is 11.6. The van der Waals surface area contributed by atoms with Gasteiger partial charge in [0.1, 0.15) is 36.4 Å². The number of aromatic nitrogens is 2. The number of carbonyl (C=O) groups excluding carboxylic acids is 6. The summed E-state index contributed by atoms with van der Waals surface area (Å²) in [6.07, 6.45) is 3.35. The first kappa shape index (κ1) is 45.0. The highest BCUT2D eigenvalue weighted by molar-refractivity contribution is 7.99. The highest BCUT2D eigenvalue weighted by atomic mass is 35.5. The van der Waals surface area contributed by atoms with Crippen LogP contribution in [-0.4, -0.2) is 138 Å². The van der Waals surface area contributed by atoms with Crippen LogP contribution < -0.4 is 20.7 Å². The molecule has 17 nitrogen and oxygen atoms in total. The zero-order chi connectivity index (χ0) is 44.5. The van der Waals surface area contributed by atoms with Crippen LogP contribution in [-0.2, 0) is 28.7 Å². The molecule has 0 spiro atoms. The van der Waals surface area contributed by atoms with E-state index in [0.29, 0.717) is 90.3 Å². The quantitative estimate of drug-likeness (QED) is 0.0517. The number of benzene rings is 3. The van der Waals surface area contributed by atoms with Crippen LogP contribution in [0.5, 0.6) is 5.75 Å². The van der Waals surface area contributed by atoms with Gasteiger partial charge in [-0.05, 0) is 55.3 Å². The number of nitrogens with zero attached hydrogens (tertiary/aromatic N) is 5. The lowest BCUT2D eigenvalue weighted by molar-refractivity contribution is -0.138. The molecular weight excluding hydrogens is 859 g/mol. The predicted molar refractivity (Wildman–Crippen MR) is 232 cm³/mol. The molecule has 1 aromatic heterocycles. The molecule has 0 aliphatic carbocycles. The SMILES string of the molecule is C=CC(=O)Nc1cc2c(Nc3ccc(F)c(Cl)c3)ncnc2cc1OCCCN1CCN(C(=O)COCCOCCSc2cccc3c2C(=O)N(C2CCC(=O)NC2=O)C3=O)CC1. The highest BCUT2D eigenvalue weighted by Crippen LogP contribution is 2.36. The molecule has 330 valence electrons. The Morgan fingerprint density at radius 1 is 0.984 bits per heavy atom. The Morgan fingerprint density at radius 3 is 2.57 bits per heavy atom. The van der Waals surface area contributed by atoms with Crippen molar-refractivity contribution in [2.75, 3.05) is 82.1 Å². The summed E-state index contributed by atoms with van der Waals surface area (Å²) in [5.41, 5.74) is 1.94. The molecule has 20 heteroatoms. The first-order valence-corrected chi connectivity index (χ1v) is 21.6. The van der Waals surface area contributed by atoms with Crippen LogP contribution in [0.2, 0.25) is 5.02 Å². The molecule has 2 saturated heterocycles. The molecule has 0 bridgehead atoms. The monoisotopic (exact) mass is 902 g/mol. The van der Waals surface area contributed by atoms with E-state index in [1.165, 1.54) is 36.3 Å². The average Bonchev–Trinajstić information content (AvgIpc) is 3.53. The molecule has 3 aliphatic rings. The molecule has 63 heavy (non-hydrogen) atoms. The van der Waals surface area contributed by atoms with E-state index in [-0.39, 0.29) is 54.7 Å². The maximum absolute atomic E-state index is 13.7. The number of piperazine rings is 1. The van der Waals surface area contributed by atoms with Gasteiger partial charge in [0.15, 0.2) is 0 Å². The number of carbonyl (C=O) groups is 6. The molecule has 6 amide bonds. The Hall–Kier alpha value is -5.99. The summed E-state index contributed by atoms with van der Waals surface area (Å²) in [7, 11) is 0. The van der Waals surface area contributed by atoms with Gasteiger partial charge in [0.25, 0.3) is 11.8 Å². The number of amides is 6. The lowest BCUT2D eigenvalue weighted by Crippen LogP contribution is -2.54. The number of piperidine rings is 1. The molecule has 0 saturated carbocycles. The zero-order valence-corrected chi connectivity index (χ0v) is 35.6. The minimum atomic E-state index is -1.03. The van der Waals surface area contributed by atoms with Gasteiger partial charge in [-0.25, -0.2) is 14.4 Å². The number of imide groups is 2. The minimum absolute atomic E-state index is 0.0431. The first-order chi connectivity index (χ1) is 30.5. The summed E-state index contributed by atoms with van der Waals surface area (Å²) in [5, 5.41) is 8.65. The largest absolute Gasteiger partial charge is 0.491 e. The van der Waals surface area contributed by atoms with Crippen molar-refractivity contribution in [3.8, 4) is 5.75 Å². The van der Waals surface area contributed by atoms with Gasteiger partial charge in [-0.15, -0.1) is 11.8 Å². The van der Waals surface area contributed by atoms with Crippen molar-refractivity contribution in [3.63, 3.8) is 0 Å². The lowest BCUT2D eigenvalue weighted by Gasteiger charge is -2.34. The molecule has 7 rings (SSSR count). The first-order valence-electron chi connectivity index (χ1n) is 20.2. The Morgan fingerprint density at radius 2 is 1.79 bits per heavy atom. The summed E-state index contributed by atoms with van der Waals surface area (Å²) < 4.78 is 31.1. The van der Waals surface area contributed by atoms with Crippen molar-refractivity contribution in [1.29, 1.82) is 0 Å². The van der Waals surface area contributed by atoms with Gasteiger partial charge >= 0.3 is 0 Å². The summed E-state index contributed by atoms with van der Waals surface area (Å²) >= 11 is 7.31. The van der Waals surface area contributed by atoms with Crippen LogP contribution in [0, 0.1) is 5.82 Å². The molecular formula is C43H44ClFN8O9S. The third-order valence-electron chi connectivity index (χ3n) is 10.5. The van der Waals surface area contributed by atoms with E-state index in [2.05, 4.69) is 37.4 Å². The predicted octanol–water partition coefficient (Wildman–Crippen LogP) is 4.43. The second kappa shape index (κ2) is 20.9. The van der Waals surface area contributed by atoms with E-state index in [1.807, 2.05) is 0 Å². The minimum Gasteiger partial charge on any atom is -0.491 e. The molecule has 3 aromatic carbocycles. The topological polar surface area (TPSA) is 202 Å². The molecule has 4 heterocycles. The molecule has 1 unspecified atom stereocenters. The molecule has 4 aromatic rings. The number of thioether (sulfide) groups is 1. The summed E-state index contributed by atoms with van der Waals surface area (Å²) in [6.45, 7) is 7.86. The number of halogens is 2. The number of ether oxygens (including phenoxy) is 3. The van der Waals surface area contributed by atoms with Crippen molar-refractivity contribution in [1.82, 2.24) is 30.0 Å². The van der Waals surface area contributed by atoms with E-state index >= 15 is 0 Å². The second-order valence-corrected chi connectivity index (χ2v) is 16.1. The van der Waals surface area contributed by atoms with Crippen molar-refractivity contribution >= 4 is 86.9 Å². The fourth-order valence-corrected chi connectivity index (χ4v) is 8.39. The second-order valence-electron chi connectivity index (χ2n) is 14.6. The standard InChI is InChI=1S/C43H44ClFN8O9S/c1-2-36(54)49-32-22-28-31(46-25-47-40(28)48-26-7-8-30(45)29(44)21-26)23-34(32)62-16-4-11-51-12-14-52(15-13-51)38(56)24-61-18-17-60-19-20-63-35-6-3-5-27-39(35)43(59)53(42(27)58)33-9-10-37(55)50-41(33)57/h2-3,5-8,21-23,25,33H,1,4,9-20,24H2,(H,49,54)(H,46,47,48)(H,50,55,57). The van der Waals surface area contributed by atoms with E-state index in [9.17, 15) is 33.2 Å². The zero-order valence-electron chi connectivity index (χ0n) is 34.0. The van der Waals surface area contributed by atoms with Crippen molar-refractivity contribution < 1.29 is 47.4 Å². The van der Waals surface area contributed by atoms with Crippen molar-refractivity contribution in [3.05, 3.63) is 89.5 Å². The molecule has 2 fully saturated rings. The van der Waals surface area contributed by atoms with Gasteiger partial charge < -0.3 is 29.7 Å². The number of fused-ring (bicyclic) bond motifs is 2. The molecule has 3 N–H and O–H groups in total. The normalized spacial score (nSPS) is 16.6. The number of nitrogens with one attached hydrogen (secondary N) is 3. The van der Waals surface area contributed by atoms with Crippen LogP contribution in [0.3, 0.4) is 0 Å². The van der Waals surface area contributed by atoms with Gasteiger partial charge in [-0.2, -0.15) is 0 Å². The van der Waals surface area contributed by atoms with Gasteiger partial charge in [-0.1, -0.05) is 24.2 Å². The van der Waals surface area contributed by atoms with Crippen LogP contribution >= 0.6 is 23.4 Å². The van der Waals surface area contributed by atoms with Gasteiger partial charge in [-0.3, -0.25) is 43.9 Å². The van der Waals surface area contributed by atoms with Gasteiger partial charge in [0, 0.05) is 66.9 Å². The Labute approximate surface area is 370 Å². The van der Waals surface area contributed by atoms with Crippen molar-refractivity contribution in [2.24, 2.45) is 0 Å². The molecule has 0 radical (unpaired) electrons. The maximum atomic E-state index is 13.7. The van der Waals surface area contributed by atoms with Gasteiger partial charge in [0.05, 0.1) is 53.8 Å². The van der Waals surface area contributed by atoms with E-state index < -0.39 is 41.4 Å². The number of hydrogen-bond donors (Lipinski definition) is 3. The Kier molecular flexibility index (Phi) is 15.0. The fraction of sp³-hybridized carbons (Fsp3) is 0.349. The smallest absolute Gasteiger partial charge is 0.263 e. The fourth-order valence-electron chi connectivity index (χ4n) is 7.27. The van der Waals surface area contributed by atoms with Crippen molar-refractivity contribution in [2.45, 2.75) is 30.2 Å². The molecule has 3 aliphatic heterocycles. The Balaban J connectivity index is 0.787. The Bertz CT molecular complexity index is 2440. The van der Waals surface area contributed by atoms with Crippen LogP contribution in [0.1, 0.15) is 40.0 Å². The van der Waals surface area contributed by atoms with Gasteiger partial charge in [0.2, 0.25) is 23.6 Å². The van der Waals surface area contributed by atoms with E-state index in [0.717, 1.165) is 17.5 Å². The van der Waals surface area contributed by atoms with E-state index in [1.54, 1.807) is 35.2 Å². The third kappa shape index (κ3) is 11.0. The van der Waals surface area contributed by atoms with Crippen LogP contribution in [0.4, 0.5) is 21.6 Å². The number of anilines is 3.